The van der Waals surface area contributed by atoms with Crippen LogP contribution >= 0.6 is 0 Å². The van der Waals surface area contributed by atoms with E-state index in [0.717, 1.165) is 88.9 Å². The fraction of sp³-hybridized carbons (Fsp3) is 0.0678. The van der Waals surface area contributed by atoms with Gasteiger partial charge in [-0.15, -0.1) is 0 Å². The number of halogens is 3. The molecule has 0 aliphatic carbocycles. The van der Waals surface area contributed by atoms with E-state index in [2.05, 4.69) is 126 Å². The Balaban J connectivity index is 1.24. The molecule has 2 aromatic heterocycles. The van der Waals surface area contributed by atoms with E-state index in [1.54, 1.807) is 19.1 Å². The second kappa shape index (κ2) is 15.3. The van der Waals surface area contributed by atoms with Crippen LogP contribution < -0.4 is 0 Å². The summed E-state index contributed by atoms with van der Waals surface area (Å²) in [7, 11) is 0. The van der Waals surface area contributed by atoms with Gasteiger partial charge in [0.05, 0.1) is 50.6 Å². The summed E-state index contributed by atoms with van der Waals surface area (Å²) in [6.07, 6.45) is -4.58. The van der Waals surface area contributed by atoms with Crippen molar-refractivity contribution in [3.63, 3.8) is 0 Å². The molecule has 0 aliphatic heterocycles. The van der Waals surface area contributed by atoms with Gasteiger partial charge in [-0.2, -0.15) is 18.4 Å². The molecule has 0 aliphatic rings. The van der Waals surface area contributed by atoms with Crippen molar-refractivity contribution < 1.29 is 13.2 Å². The van der Waals surface area contributed by atoms with Crippen molar-refractivity contribution in [3.8, 4) is 62.0 Å². The predicted molar refractivity (Wildman–Crippen MR) is 261 cm³/mol. The molecule has 6 heteroatoms. The summed E-state index contributed by atoms with van der Waals surface area (Å²) in [6, 6.07) is 64.4. The van der Waals surface area contributed by atoms with Crippen LogP contribution in [0.1, 0.15) is 27.8 Å². The van der Waals surface area contributed by atoms with Crippen LogP contribution in [0.2, 0.25) is 0 Å². The Morgan fingerprint density at radius 3 is 1.48 bits per heavy atom. The summed E-state index contributed by atoms with van der Waals surface area (Å²) >= 11 is 0. The molecule has 0 spiro atoms. The topological polar surface area (TPSA) is 33.6 Å². The van der Waals surface area contributed by atoms with Gasteiger partial charge in [0, 0.05) is 32.7 Å². The zero-order valence-corrected chi connectivity index (χ0v) is 35.9. The van der Waals surface area contributed by atoms with E-state index in [-0.39, 0.29) is 5.56 Å². The van der Waals surface area contributed by atoms with Crippen LogP contribution in [-0.2, 0) is 6.18 Å². The summed E-state index contributed by atoms with van der Waals surface area (Å²) in [5.41, 5.74) is 14.5. The second-order valence-electron chi connectivity index (χ2n) is 16.9. The molecular weight excluding hydrogens is 808 g/mol. The first-order chi connectivity index (χ1) is 31.6. The third-order valence-corrected chi connectivity index (χ3v) is 13.0. The molecule has 0 amide bonds. The normalized spacial score (nSPS) is 11.8. The number of benzene rings is 9. The van der Waals surface area contributed by atoms with Crippen molar-refractivity contribution in [1.82, 2.24) is 9.13 Å². The summed E-state index contributed by atoms with van der Waals surface area (Å²) < 4.78 is 49.2. The lowest BCUT2D eigenvalue weighted by atomic mass is 9.90. The minimum atomic E-state index is -4.58. The molecule has 0 N–H and O–H groups in total. The van der Waals surface area contributed by atoms with Gasteiger partial charge in [-0.25, -0.2) is 0 Å². The van der Waals surface area contributed by atoms with Gasteiger partial charge in [0.25, 0.3) is 0 Å². The molecule has 9 aromatic carbocycles. The van der Waals surface area contributed by atoms with E-state index < -0.39 is 11.7 Å². The highest BCUT2D eigenvalue weighted by atomic mass is 19.4. The number of alkyl halides is 3. The van der Waals surface area contributed by atoms with E-state index >= 15 is 0 Å². The Kier molecular flexibility index (Phi) is 9.34. The van der Waals surface area contributed by atoms with Crippen molar-refractivity contribution in [2.45, 2.75) is 26.9 Å². The number of nitrogens with zero attached hydrogens (tertiary/aromatic N) is 3. The van der Waals surface area contributed by atoms with Crippen LogP contribution in [0.3, 0.4) is 0 Å². The first-order valence-electron chi connectivity index (χ1n) is 21.6. The fourth-order valence-corrected chi connectivity index (χ4v) is 10.00. The molecule has 2 heterocycles. The first-order valence-corrected chi connectivity index (χ1v) is 21.6. The zero-order chi connectivity index (χ0) is 44.6. The number of para-hydroxylation sites is 2. The predicted octanol–water partition coefficient (Wildman–Crippen LogP) is 16.4. The molecule has 11 rings (SSSR count). The molecule has 0 saturated carbocycles. The molecule has 0 bridgehead atoms. The largest absolute Gasteiger partial charge is 0.417 e. The summed E-state index contributed by atoms with van der Waals surface area (Å²) in [6.45, 7) is 5.96. The molecular formula is C59H40F3N3. The van der Waals surface area contributed by atoms with Crippen molar-refractivity contribution in [3.05, 3.63) is 216 Å². The van der Waals surface area contributed by atoms with E-state index in [4.69, 9.17) is 0 Å². The van der Waals surface area contributed by atoms with Crippen molar-refractivity contribution >= 4 is 43.6 Å². The zero-order valence-electron chi connectivity index (χ0n) is 35.9. The Hall–Kier alpha value is -8.14. The lowest BCUT2D eigenvalue weighted by molar-refractivity contribution is -0.137. The van der Waals surface area contributed by atoms with Gasteiger partial charge in [-0.05, 0) is 138 Å². The smallest absolute Gasteiger partial charge is 0.309 e. The van der Waals surface area contributed by atoms with E-state index in [9.17, 15) is 18.4 Å². The van der Waals surface area contributed by atoms with Gasteiger partial charge in [0.1, 0.15) is 0 Å². The Morgan fingerprint density at radius 2 is 0.908 bits per heavy atom. The van der Waals surface area contributed by atoms with Gasteiger partial charge in [0.2, 0.25) is 0 Å². The molecule has 11 aromatic rings. The number of fused-ring (bicyclic) bond motifs is 6. The third kappa shape index (κ3) is 6.50. The van der Waals surface area contributed by atoms with Crippen LogP contribution in [0.15, 0.2) is 188 Å². The number of hydrogen-bond donors (Lipinski definition) is 0. The molecule has 65 heavy (non-hydrogen) atoms. The van der Waals surface area contributed by atoms with Crippen molar-refractivity contribution in [2.24, 2.45) is 0 Å². The van der Waals surface area contributed by atoms with Gasteiger partial charge in [0.15, 0.2) is 0 Å². The van der Waals surface area contributed by atoms with Crippen LogP contribution in [0.5, 0.6) is 0 Å². The highest BCUT2D eigenvalue weighted by Gasteiger charge is 2.34. The molecule has 0 fully saturated rings. The summed E-state index contributed by atoms with van der Waals surface area (Å²) in [5.74, 6) is 0. The number of hydrogen-bond acceptors (Lipinski definition) is 1. The van der Waals surface area contributed by atoms with Crippen molar-refractivity contribution in [2.75, 3.05) is 0 Å². The first kappa shape index (κ1) is 39.7. The van der Waals surface area contributed by atoms with Crippen LogP contribution in [0.25, 0.3) is 99.5 Å². The second-order valence-corrected chi connectivity index (χ2v) is 16.9. The van der Waals surface area contributed by atoms with Crippen LogP contribution in [0.4, 0.5) is 13.2 Å². The highest BCUT2D eigenvalue weighted by molar-refractivity contribution is 6.13. The molecule has 3 nitrogen and oxygen atoms in total. The Morgan fingerprint density at radius 1 is 0.400 bits per heavy atom. The minimum Gasteiger partial charge on any atom is -0.309 e. The molecule has 0 atom stereocenters. The number of rotatable bonds is 6. The molecule has 312 valence electrons. The maximum atomic E-state index is 14.9. The van der Waals surface area contributed by atoms with Crippen LogP contribution in [-0.4, -0.2) is 9.13 Å². The van der Waals surface area contributed by atoms with E-state index in [0.29, 0.717) is 22.3 Å². The van der Waals surface area contributed by atoms with Crippen molar-refractivity contribution in [1.29, 1.82) is 5.26 Å². The fourth-order valence-electron chi connectivity index (χ4n) is 10.00. The average Bonchev–Trinajstić information content (AvgIpc) is 3.83. The Bertz CT molecular complexity index is 3760. The lowest BCUT2D eigenvalue weighted by Crippen LogP contribution is -2.08. The number of nitriles is 1. The standard InChI is InChI=1S/C59H40F3N3/c1-36-13-4-6-16-43(36)40-24-28-54-48(32-40)45-18-8-10-21-52(45)64(54)55-30-26-42(58-38(3)15-12-20-51(58)59(60,61)62)34-50(55)47-27-23-39(35-63)31-57(47)65-53-22-11-9-19-46(53)49-33-41(25-29-56(49)65)44-17-7-5-14-37(44)2/h4-34H,1-3H3. The van der Waals surface area contributed by atoms with Crippen LogP contribution in [0, 0.1) is 32.1 Å². The maximum absolute atomic E-state index is 14.9. The van der Waals surface area contributed by atoms with E-state index in [1.165, 1.54) is 17.2 Å². The van der Waals surface area contributed by atoms with Gasteiger partial charge in [-0.3, -0.25) is 0 Å². The molecule has 0 saturated heterocycles. The van der Waals surface area contributed by atoms with Gasteiger partial charge < -0.3 is 9.13 Å². The quantitative estimate of drug-likeness (QED) is 0.164. The van der Waals surface area contributed by atoms with Gasteiger partial charge in [-0.1, -0.05) is 121 Å². The third-order valence-electron chi connectivity index (χ3n) is 13.0. The highest BCUT2D eigenvalue weighted by Crippen LogP contribution is 2.46. The number of aromatic nitrogens is 2. The summed E-state index contributed by atoms with van der Waals surface area (Å²) in [5, 5.41) is 14.7. The summed E-state index contributed by atoms with van der Waals surface area (Å²) in [4.78, 5) is 0. The SMILES string of the molecule is Cc1ccccc1-c1ccc2c(c1)c1ccccc1n2-c1ccc(-c2c(C)cccc2C(F)(F)F)cc1-c1ccc(C#N)cc1-n1c2ccccc2c2cc(-c3ccccc3C)ccc21. The maximum Gasteiger partial charge on any atom is 0.417 e. The monoisotopic (exact) mass is 847 g/mol. The minimum absolute atomic E-state index is 0.133. The number of aryl methyl sites for hydroxylation is 3. The van der Waals surface area contributed by atoms with Gasteiger partial charge >= 0.3 is 6.18 Å². The molecule has 0 unspecified atom stereocenters. The molecule has 0 radical (unpaired) electrons. The lowest BCUT2D eigenvalue weighted by Gasteiger charge is -2.21. The van der Waals surface area contributed by atoms with E-state index in [1.807, 2.05) is 66.7 Å². The average molecular weight is 848 g/mol. The Labute approximate surface area is 374 Å².